The first-order valence-corrected chi connectivity index (χ1v) is 7.00. The first kappa shape index (κ1) is 12.7. The zero-order valence-corrected chi connectivity index (χ0v) is 10.0. The maximum Gasteiger partial charge on any atom is 0.305 e. The number of nitro benzene ring substituents is 1. The van der Waals surface area contributed by atoms with Gasteiger partial charge in [-0.15, -0.1) is 0 Å². The van der Waals surface area contributed by atoms with Crippen molar-refractivity contribution in [3.05, 3.63) is 34.1 Å². The van der Waals surface area contributed by atoms with Crippen molar-refractivity contribution in [3.63, 3.8) is 0 Å². The second-order valence-corrected chi connectivity index (χ2v) is 6.24. The van der Waals surface area contributed by atoms with Crippen LogP contribution in [-0.4, -0.2) is 31.0 Å². The van der Waals surface area contributed by atoms with Crippen LogP contribution in [0.25, 0.3) is 0 Å². The van der Waals surface area contributed by atoms with Gasteiger partial charge in [0.05, 0.1) is 16.4 Å². The number of nitro groups is 1. The standard InChI is InChI=1S/C10H10FNO5S/c11-9-5-7(1-2-10(9)12(13)14)17-8-3-4-18(15,16)6-8/h1-2,5,8H,3-4,6H2. The molecule has 1 aromatic rings. The molecular weight excluding hydrogens is 265 g/mol. The molecule has 0 aromatic heterocycles. The largest absolute Gasteiger partial charge is 0.489 e. The third-order valence-electron chi connectivity index (χ3n) is 2.61. The molecule has 6 nitrogen and oxygen atoms in total. The summed E-state index contributed by atoms with van der Waals surface area (Å²) in [4.78, 5) is 9.57. The van der Waals surface area contributed by atoms with Crippen molar-refractivity contribution >= 4 is 15.5 Å². The van der Waals surface area contributed by atoms with Crippen LogP contribution in [0, 0.1) is 15.9 Å². The second-order valence-electron chi connectivity index (χ2n) is 4.01. The van der Waals surface area contributed by atoms with Gasteiger partial charge in [0.2, 0.25) is 5.82 Å². The smallest absolute Gasteiger partial charge is 0.305 e. The Morgan fingerprint density at radius 1 is 1.44 bits per heavy atom. The molecule has 0 radical (unpaired) electrons. The Kier molecular flexibility index (Phi) is 3.20. The minimum Gasteiger partial charge on any atom is -0.489 e. The van der Waals surface area contributed by atoms with Crippen LogP contribution in [-0.2, 0) is 9.84 Å². The maximum atomic E-state index is 13.3. The SMILES string of the molecule is O=[N+]([O-])c1ccc(OC2CCS(=O)(=O)C2)cc1F. The summed E-state index contributed by atoms with van der Waals surface area (Å²) in [5.74, 6) is -0.961. The fourth-order valence-electron chi connectivity index (χ4n) is 1.76. The molecule has 1 atom stereocenters. The van der Waals surface area contributed by atoms with Gasteiger partial charge in [0.1, 0.15) is 11.9 Å². The van der Waals surface area contributed by atoms with Crippen LogP contribution in [0.15, 0.2) is 18.2 Å². The summed E-state index contributed by atoms with van der Waals surface area (Å²) in [7, 11) is -3.07. The zero-order chi connectivity index (χ0) is 13.3. The molecular formula is C10H10FNO5S. The van der Waals surface area contributed by atoms with Crippen LogP contribution in [0.3, 0.4) is 0 Å². The molecule has 1 unspecified atom stereocenters. The summed E-state index contributed by atoms with van der Waals surface area (Å²) in [5.41, 5.74) is -0.638. The fourth-order valence-corrected chi connectivity index (χ4v) is 3.35. The van der Waals surface area contributed by atoms with E-state index in [1.165, 1.54) is 6.07 Å². The van der Waals surface area contributed by atoms with Gasteiger partial charge in [0, 0.05) is 12.1 Å². The van der Waals surface area contributed by atoms with Crippen molar-refractivity contribution in [3.8, 4) is 5.75 Å². The molecule has 8 heteroatoms. The van der Waals surface area contributed by atoms with Gasteiger partial charge in [-0.3, -0.25) is 10.1 Å². The van der Waals surface area contributed by atoms with Crippen LogP contribution in [0.2, 0.25) is 0 Å². The van der Waals surface area contributed by atoms with E-state index in [2.05, 4.69) is 0 Å². The van der Waals surface area contributed by atoms with Crippen molar-refractivity contribution in [2.75, 3.05) is 11.5 Å². The summed E-state index contributed by atoms with van der Waals surface area (Å²) in [6, 6.07) is 3.14. The molecule has 1 aliphatic rings. The van der Waals surface area contributed by atoms with Gasteiger partial charge < -0.3 is 4.74 Å². The Morgan fingerprint density at radius 3 is 2.67 bits per heavy atom. The van der Waals surface area contributed by atoms with Gasteiger partial charge in [-0.2, -0.15) is 4.39 Å². The molecule has 0 saturated carbocycles. The van der Waals surface area contributed by atoms with E-state index in [4.69, 9.17) is 4.74 Å². The predicted octanol–water partition coefficient (Wildman–Crippen LogP) is 1.30. The Balaban J connectivity index is 2.12. The van der Waals surface area contributed by atoms with Crippen LogP contribution in [0.5, 0.6) is 5.75 Å². The molecule has 1 heterocycles. The summed E-state index contributed by atoms with van der Waals surface area (Å²) < 4.78 is 41.0. The number of hydrogen-bond donors (Lipinski definition) is 0. The van der Waals surface area contributed by atoms with Crippen LogP contribution >= 0.6 is 0 Å². The van der Waals surface area contributed by atoms with Gasteiger partial charge in [0.25, 0.3) is 0 Å². The maximum absolute atomic E-state index is 13.3. The third-order valence-corrected chi connectivity index (χ3v) is 4.35. The van der Waals surface area contributed by atoms with Gasteiger partial charge in [-0.05, 0) is 12.5 Å². The van der Waals surface area contributed by atoms with Gasteiger partial charge >= 0.3 is 5.69 Å². The number of halogens is 1. The lowest BCUT2D eigenvalue weighted by atomic mass is 10.2. The van der Waals surface area contributed by atoms with E-state index in [9.17, 15) is 22.9 Å². The molecule has 0 N–H and O–H groups in total. The van der Waals surface area contributed by atoms with Crippen LogP contribution in [0.4, 0.5) is 10.1 Å². The monoisotopic (exact) mass is 275 g/mol. The minimum atomic E-state index is -3.07. The summed E-state index contributed by atoms with van der Waals surface area (Å²) in [6.07, 6.45) is -0.170. The van der Waals surface area contributed by atoms with Crippen molar-refractivity contribution in [2.45, 2.75) is 12.5 Å². The molecule has 98 valence electrons. The Bertz CT molecular complexity index is 586. The van der Waals surface area contributed by atoms with Crippen molar-refractivity contribution in [1.29, 1.82) is 0 Å². The van der Waals surface area contributed by atoms with Crippen LogP contribution in [0.1, 0.15) is 6.42 Å². The van der Waals surface area contributed by atoms with E-state index in [0.29, 0.717) is 6.42 Å². The van der Waals surface area contributed by atoms with E-state index in [1.54, 1.807) is 0 Å². The Labute approximate surface area is 102 Å². The van der Waals surface area contributed by atoms with Gasteiger partial charge in [-0.25, -0.2) is 8.42 Å². The van der Waals surface area contributed by atoms with Gasteiger partial charge in [0.15, 0.2) is 9.84 Å². The molecule has 0 aliphatic carbocycles. The van der Waals surface area contributed by atoms with E-state index >= 15 is 0 Å². The normalized spacial score (nSPS) is 21.7. The number of sulfone groups is 1. The minimum absolute atomic E-state index is 0.0487. The number of benzene rings is 1. The average molecular weight is 275 g/mol. The number of ether oxygens (including phenoxy) is 1. The second kappa shape index (κ2) is 4.52. The first-order valence-electron chi connectivity index (χ1n) is 5.18. The highest BCUT2D eigenvalue weighted by Gasteiger charge is 2.29. The average Bonchev–Trinajstić information content (AvgIpc) is 2.57. The highest BCUT2D eigenvalue weighted by molar-refractivity contribution is 7.91. The first-order chi connectivity index (χ1) is 8.37. The molecule has 2 rings (SSSR count). The number of rotatable bonds is 3. The lowest BCUT2D eigenvalue weighted by molar-refractivity contribution is -0.387. The number of nitrogens with zero attached hydrogens (tertiary/aromatic N) is 1. The summed E-state index contributed by atoms with van der Waals surface area (Å²) in [5, 5.41) is 10.4. The summed E-state index contributed by atoms with van der Waals surface area (Å²) in [6.45, 7) is 0. The molecule has 0 amide bonds. The highest BCUT2D eigenvalue weighted by Crippen LogP contribution is 2.25. The fraction of sp³-hybridized carbons (Fsp3) is 0.400. The quantitative estimate of drug-likeness (QED) is 0.613. The lowest BCUT2D eigenvalue weighted by Gasteiger charge is -2.11. The number of hydrogen-bond acceptors (Lipinski definition) is 5. The molecule has 1 saturated heterocycles. The van der Waals surface area contributed by atoms with E-state index < -0.39 is 32.4 Å². The molecule has 0 spiro atoms. The Morgan fingerprint density at radius 2 is 2.17 bits per heavy atom. The topological polar surface area (TPSA) is 86.5 Å². The third kappa shape index (κ3) is 2.76. The van der Waals surface area contributed by atoms with E-state index in [1.807, 2.05) is 0 Å². The van der Waals surface area contributed by atoms with Crippen molar-refractivity contribution in [1.82, 2.24) is 0 Å². The van der Waals surface area contributed by atoms with Crippen LogP contribution < -0.4 is 4.74 Å². The molecule has 18 heavy (non-hydrogen) atoms. The lowest BCUT2D eigenvalue weighted by Crippen LogP contribution is -2.17. The van der Waals surface area contributed by atoms with Gasteiger partial charge in [-0.1, -0.05) is 0 Å². The zero-order valence-electron chi connectivity index (χ0n) is 9.21. The molecule has 0 bridgehead atoms. The molecule has 1 aromatic carbocycles. The van der Waals surface area contributed by atoms with E-state index in [-0.39, 0.29) is 17.3 Å². The van der Waals surface area contributed by atoms with Crippen molar-refractivity contribution < 1.29 is 22.5 Å². The Hall–Kier alpha value is -1.70. The van der Waals surface area contributed by atoms with E-state index in [0.717, 1.165) is 12.1 Å². The summed E-state index contributed by atoms with van der Waals surface area (Å²) >= 11 is 0. The predicted molar refractivity (Wildman–Crippen MR) is 60.7 cm³/mol. The van der Waals surface area contributed by atoms with Crippen molar-refractivity contribution in [2.24, 2.45) is 0 Å². The highest BCUT2D eigenvalue weighted by atomic mass is 32.2. The molecule has 1 fully saturated rings. The molecule has 1 aliphatic heterocycles.